The molecule has 0 aromatic rings. The monoisotopic (exact) mass is 202 g/mol. The van der Waals surface area contributed by atoms with Crippen LogP contribution in [0.25, 0.3) is 0 Å². The van der Waals surface area contributed by atoms with Crippen LogP contribution < -0.4 is 5.32 Å². The summed E-state index contributed by atoms with van der Waals surface area (Å²) in [5, 5.41) is 2.92. The van der Waals surface area contributed by atoms with Crippen molar-refractivity contribution in [2.45, 2.75) is 13.0 Å². The number of allylic oxidation sites excluding steroid dienone is 1. The van der Waals surface area contributed by atoms with E-state index in [-0.39, 0.29) is 10.9 Å². The van der Waals surface area contributed by atoms with Gasteiger partial charge in [0.2, 0.25) is 0 Å². The topological polar surface area (TPSA) is 66.4 Å². The zero-order chi connectivity index (χ0) is 10.1. The molecule has 0 aliphatic heterocycles. The van der Waals surface area contributed by atoms with E-state index in [1.54, 1.807) is 13.1 Å². The molecule has 1 unspecified atom stereocenters. The Kier molecular flexibility index (Phi) is 2.90. The van der Waals surface area contributed by atoms with Crippen LogP contribution in [-0.4, -0.2) is 26.1 Å². The SMILES string of the molecule is CNC1C=C(S(=O)(=O)O)C=C[C]1C. The van der Waals surface area contributed by atoms with Crippen molar-refractivity contribution < 1.29 is 13.0 Å². The lowest BCUT2D eigenvalue weighted by Gasteiger charge is -2.20. The predicted octanol–water partition coefficient (Wildman–Crippen LogP) is 0.510. The lowest BCUT2D eigenvalue weighted by Crippen LogP contribution is -2.30. The van der Waals surface area contributed by atoms with Crippen molar-refractivity contribution in [2.75, 3.05) is 7.05 Å². The lowest BCUT2D eigenvalue weighted by atomic mass is 9.97. The Morgan fingerprint density at radius 2 is 2.08 bits per heavy atom. The van der Waals surface area contributed by atoms with Gasteiger partial charge in [0.15, 0.2) is 0 Å². The first-order valence-corrected chi connectivity index (χ1v) is 5.27. The summed E-state index contributed by atoms with van der Waals surface area (Å²) >= 11 is 0. The number of hydrogen-bond acceptors (Lipinski definition) is 3. The van der Waals surface area contributed by atoms with Gasteiger partial charge in [-0.25, -0.2) is 0 Å². The van der Waals surface area contributed by atoms with E-state index in [1.165, 1.54) is 12.2 Å². The molecule has 2 N–H and O–H groups in total. The van der Waals surface area contributed by atoms with Crippen LogP contribution in [0.4, 0.5) is 0 Å². The molecule has 4 nitrogen and oxygen atoms in total. The van der Waals surface area contributed by atoms with Crippen molar-refractivity contribution in [3.63, 3.8) is 0 Å². The Labute approximate surface area is 78.1 Å². The van der Waals surface area contributed by atoms with Gasteiger partial charge < -0.3 is 5.32 Å². The van der Waals surface area contributed by atoms with Crippen molar-refractivity contribution in [3.8, 4) is 0 Å². The normalized spacial score (nSPS) is 24.5. The van der Waals surface area contributed by atoms with E-state index in [9.17, 15) is 8.42 Å². The average Bonchev–Trinajstić information content (AvgIpc) is 2.03. The van der Waals surface area contributed by atoms with Crippen LogP contribution in [0.5, 0.6) is 0 Å². The van der Waals surface area contributed by atoms with Gasteiger partial charge >= 0.3 is 0 Å². The molecule has 0 spiro atoms. The third kappa shape index (κ3) is 2.40. The van der Waals surface area contributed by atoms with Gasteiger partial charge in [-0.15, -0.1) is 0 Å². The summed E-state index contributed by atoms with van der Waals surface area (Å²) in [5.41, 5.74) is 0. The van der Waals surface area contributed by atoms with Crippen LogP contribution in [0.1, 0.15) is 6.92 Å². The van der Waals surface area contributed by atoms with Crippen molar-refractivity contribution in [2.24, 2.45) is 0 Å². The third-order valence-corrected chi connectivity index (χ3v) is 2.81. The predicted molar refractivity (Wildman–Crippen MR) is 50.5 cm³/mol. The molecule has 0 aromatic heterocycles. The maximum absolute atomic E-state index is 10.8. The van der Waals surface area contributed by atoms with Gasteiger partial charge in [0.1, 0.15) is 0 Å². The summed E-state index contributed by atoms with van der Waals surface area (Å²) in [6, 6.07) is -0.123. The van der Waals surface area contributed by atoms with Crippen LogP contribution in [0.2, 0.25) is 0 Å². The van der Waals surface area contributed by atoms with Crippen molar-refractivity contribution in [3.05, 3.63) is 29.1 Å². The molecule has 0 bridgehead atoms. The number of likely N-dealkylation sites (N-methyl/N-ethyl adjacent to an activating group) is 1. The summed E-state index contributed by atoms with van der Waals surface area (Å²) < 4.78 is 30.3. The van der Waals surface area contributed by atoms with Crippen molar-refractivity contribution in [1.82, 2.24) is 5.32 Å². The zero-order valence-corrected chi connectivity index (χ0v) is 8.30. The van der Waals surface area contributed by atoms with Gasteiger partial charge in [-0.05, 0) is 19.2 Å². The molecule has 0 aromatic carbocycles. The minimum absolute atomic E-state index is 0.0579. The summed E-state index contributed by atoms with van der Waals surface area (Å²) in [4.78, 5) is -0.0579. The summed E-state index contributed by atoms with van der Waals surface area (Å²) in [5.74, 6) is 1.01. The van der Waals surface area contributed by atoms with Crippen LogP contribution in [0, 0.1) is 5.92 Å². The van der Waals surface area contributed by atoms with E-state index >= 15 is 0 Å². The standard InChI is InChI=1S/C8H12NO3S/c1-6-3-4-7(13(10,11)12)5-8(6)9-2/h3-5,8-9H,1-2H3,(H,10,11,12). The molecular formula is C8H12NO3S. The molecule has 5 heteroatoms. The highest BCUT2D eigenvalue weighted by Gasteiger charge is 2.21. The van der Waals surface area contributed by atoms with Crippen LogP contribution in [-0.2, 0) is 10.1 Å². The van der Waals surface area contributed by atoms with E-state index in [1.807, 2.05) is 6.92 Å². The first-order chi connectivity index (χ1) is 5.95. The van der Waals surface area contributed by atoms with E-state index in [4.69, 9.17) is 4.55 Å². The van der Waals surface area contributed by atoms with Gasteiger partial charge in [-0.1, -0.05) is 13.0 Å². The maximum atomic E-state index is 10.8. The van der Waals surface area contributed by atoms with Crippen LogP contribution in [0.15, 0.2) is 23.1 Å². The Balaban J connectivity index is 2.98. The van der Waals surface area contributed by atoms with Gasteiger partial charge in [0, 0.05) is 12.0 Å². The number of rotatable bonds is 2. The Hall–Kier alpha value is -0.650. The van der Waals surface area contributed by atoms with Crippen molar-refractivity contribution in [1.29, 1.82) is 0 Å². The van der Waals surface area contributed by atoms with Crippen molar-refractivity contribution >= 4 is 10.1 Å². The molecule has 0 heterocycles. The van der Waals surface area contributed by atoms with E-state index in [0.717, 1.165) is 5.92 Å². The van der Waals surface area contributed by atoms with E-state index < -0.39 is 10.1 Å². The second-order valence-corrected chi connectivity index (χ2v) is 4.31. The fourth-order valence-corrected chi connectivity index (χ4v) is 1.70. The van der Waals surface area contributed by atoms with E-state index in [0.29, 0.717) is 0 Å². The van der Waals surface area contributed by atoms with Gasteiger partial charge in [-0.2, -0.15) is 8.42 Å². The minimum Gasteiger partial charge on any atom is -0.313 e. The smallest absolute Gasteiger partial charge is 0.294 e. The fraction of sp³-hybridized carbons (Fsp3) is 0.375. The number of nitrogens with one attached hydrogen (secondary N) is 1. The largest absolute Gasteiger partial charge is 0.313 e. The fourth-order valence-electron chi connectivity index (χ4n) is 1.15. The first-order valence-electron chi connectivity index (χ1n) is 3.83. The maximum Gasteiger partial charge on any atom is 0.294 e. The molecule has 0 amide bonds. The zero-order valence-electron chi connectivity index (χ0n) is 7.48. The first kappa shape index (κ1) is 10.4. The Morgan fingerprint density at radius 1 is 1.46 bits per heavy atom. The molecule has 1 aliphatic carbocycles. The van der Waals surface area contributed by atoms with Gasteiger partial charge in [0.05, 0.1) is 4.91 Å². The summed E-state index contributed by atoms with van der Waals surface area (Å²) in [6.07, 6.45) is 4.54. The Morgan fingerprint density at radius 3 is 2.54 bits per heavy atom. The third-order valence-electron chi connectivity index (χ3n) is 1.94. The molecule has 73 valence electrons. The van der Waals surface area contributed by atoms with Gasteiger partial charge in [0.25, 0.3) is 10.1 Å². The quantitative estimate of drug-likeness (QED) is 0.640. The molecule has 1 rings (SSSR count). The molecular weight excluding hydrogens is 190 g/mol. The summed E-state index contributed by atoms with van der Waals surface area (Å²) in [7, 11) is -2.34. The van der Waals surface area contributed by atoms with Crippen LogP contribution >= 0.6 is 0 Å². The molecule has 0 saturated heterocycles. The summed E-state index contributed by atoms with van der Waals surface area (Å²) in [6.45, 7) is 1.88. The van der Waals surface area contributed by atoms with Crippen LogP contribution in [0.3, 0.4) is 0 Å². The number of hydrogen-bond donors (Lipinski definition) is 2. The highest BCUT2D eigenvalue weighted by atomic mass is 32.2. The highest BCUT2D eigenvalue weighted by Crippen LogP contribution is 2.20. The molecule has 0 saturated carbocycles. The van der Waals surface area contributed by atoms with Gasteiger partial charge in [-0.3, -0.25) is 4.55 Å². The second kappa shape index (κ2) is 3.61. The molecule has 13 heavy (non-hydrogen) atoms. The second-order valence-electron chi connectivity index (χ2n) is 2.89. The minimum atomic E-state index is -4.07. The molecule has 1 aliphatic rings. The Bertz CT molecular complexity index is 342. The molecule has 0 fully saturated rings. The highest BCUT2D eigenvalue weighted by molar-refractivity contribution is 7.90. The molecule has 1 radical (unpaired) electrons. The molecule has 1 atom stereocenters. The van der Waals surface area contributed by atoms with E-state index in [2.05, 4.69) is 5.32 Å². The lowest BCUT2D eigenvalue weighted by molar-refractivity contribution is 0.491. The average molecular weight is 202 g/mol.